The number of aromatic nitrogens is 2. The summed E-state index contributed by atoms with van der Waals surface area (Å²) in [4.78, 5) is 0. The number of hydrogen-bond donors (Lipinski definition) is 0. The van der Waals surface area contributed by atoms with E-state index in [1.54, 1.807) is 0 Å². The van der Waals surface area contributed by atoms with Crippen molar-refractivity contribution in [3.8, 4) is 44.8 Å². The third-order valence-corrected chi connectivity index (χ3v) is 10.1. The fraction of sp³-hybridized carbons (Fsp3) is 0. The molecular formula is C48H32N2. The van der Waals surface area contributed by atoms with Crippen molar-refractivity contribution in [2.24, 2.45) is 0 Å². The SMILES string of the molecule is c1ccc(-c2ccc3c(c2)c2ccc(-c4ccc5c6cc(-c7ccccc7)ccc6n(-c6ccccc6)c5c4)cc2n3-c2ccccc2)cc1. The predicted molar refractivity (Wildman–Crippen MR) is 211 cm³/mol. The van der Waals surface area contributed by atoms with Crippen molar-refractivity contribution in [1.29, 1.82) is 0 Å². The van der Waals surface area contributed by atoms with Crippen molar-refractivity contribution in [1.82, 2.24) is 9.13 Å². The summed E-state index contributed by atoms with van der Waals surface area (Å²) in [5.74, 6) is 0. The number of hydrogen-bond acceptors (Lipinski definition) is 0. The Balaban J connectivity index is 1.19. The Morgan fingerprint density at radius 1 is 0.220 bits per heavy atom. The van der Waals surface area contributed by atoms with Gasteiger partial charge in [0.05, 0.1) is 22.1 Å². The Morgan fingerprint density at radius 2 is 0.560 bits per heavy atom. The third kappa shape index (κ3) is 4.57. The molecule has 50 heavy (non-hydrogen) atoms. The predicted octanol–water partition coefficient (Wildman–Crippen LogP) is 12.9. The highest BCUT2D eigenvalue weighted by Crippen LogP contribution is 2.40. The summed E-state index contributed by atoms with van der Waals surface area (Å²) in [5.41, 5.74) is 14.4. The molecule has 2 heterocycles. The molecular weight excluding hydrogens is 605 g/mol. The summed E-state index contributed by atoms with van der Waals surface area (Å²) >= 11 is 0. The van der Waals surface area contributed by atoms with Gasteiger partial charge in [0.1, 0.15) is 0 Å². The van der Waals surface area contributed by atoms with E-state index in [4.69, 9.17) is 0 Å². The second kappa shape index (κ2) is 11.5. The molecule has 0 spiro atoms. The van der Waals surface area contributed by atoms with Gasteiger partial charge < -0.3 is 9.13 Å². The van der Waals surface area contributed by atoms with Crippen LogP contribution in [0.15, 0.2) is 194 Å². The van der Waals surface area contributed by atoms with Gasteiger partial charge in [0, 0.05) is 32.9 Å². The second-order valence-corrected chi connectivity index (χ2v) is 13.0. The molecule has 0 saturated heterocycles. The van der Waals surface area contributed by atoms with Gasteiger partial charge in [0.25, 0.3) is 0 Å². The molecule has 234 valence electrons. The molecule has 0 saturated carbocycles. The van der Waals surface area contributed by atoms with Gasteiger partial charge in [-0.05, 0) is 94.0 Å². The molecule has 0 amide bonds. The van der Waals surface area contributed by atoms with E-state index in [0.717, 1.165) is 11.4 Å². The molecule has 8 aromatic carbocycles. The van der Waals surface area contributed by atoms with E-state index in [1.165, 1.54) is 77.0 Å². The Morgan fingerprint density at radius 3 is 0.960 bits per heavy atom. The zero-order valence-corrected chi connectivity index (χ0v) is 27.4. The van der Waals surface area contributed by atoms with E-state index in [2.05, 4.69) is 203 Å². The molecule has 0 aliphatic carbocycles. The summed E-state index contributed by atoms with van der Waals surface area (Å²) in [6.07, 6.45) is 0. The zero-order valence-electron chi connectivity index (χ0n) is 27.4. The van der Waals surface area contributed by atoms with Gasteiger partial charge in [-0.25, -0.2) is 0 Å². The van der Waals surface area contributed by atoms with E-state index >= 15 is 0 Å². The number of nitrogens with zero attached hydrogens (tertiary/aromatic N) is 2. The molecule has 0 bridgehead atoms. The molecule has 0 fully saturated rings. The summed E-state index contributed by atoms with van der Waals surface area (Å²) in [7, 11) is 0. The zero-order chi connectivity index (χ0) is 33.0. The smallest absolute Gasteiger partial charge is 0.0547 e. The fourth-order valence-corrected chi connectivity index (χ4v) is 7.73. The van der Waals surface area contributed by atoms with Crippen molar-refractivity contribution in [3.05, 3.63) is 194 Å². The second-order valence-electron chi connectivity index (χ2n) is 13.0. The van der Waals surface area contributed by atoms with Gasteiger partial charge >= 0.3 is 0 Å². The van der Waals surface area contributed by atoms with E-state index in [-0.39, 0.29) is 0 Å². The fourth-order valence-electron chi connectivity index (χ4n) is 7.73. The number of para-hydroxylation sites is 2. The van der Waals surface area contributed by atoms with Crippen LogP contribution in [0.3, 0.4) is 0 Å². The lowest BCUT2D eigenvalue weighted by molar-refractivity contribution is 1.18. The van der Waals surface area contributed by atoms with Crippen LogP contribution < -0.4 is 0 Å². The molecule has 0 radical (unpaired) electrons. The number of benzene rings is 8. The third-order valence-electron chi connectivity index (χ3n) is 10.1. The number of fused-ring (bicyclic) bond motifs is 6. The average molecular weight is 637 g/mol. The maximum atomic E-state index is 2.41. The minimum Gasteiger partial charge on any atom is -0.309 e. The topological polar surface area (TPSA) is 9.86 Å². The summed E-state index contributed by atoms with van der Waals surface area (Å²) in [5, 5.41) is 5.01. The van der Waals surface area contributed by atoms with Crippen molar-refractivity contribution in [2.75, 3.05) is 0 Å². The quantitative estimate of drug-likeness (QED) is 0.178. The van der Waals surface area contributed by atoms with Crippen molar-refractivity contribution < 1.29 is 0 Å². The van der Waals surface area contributed by atoms with Gasteiger partial charge in [-0.1, -0.05) is 133 Å². The first-order chi connectivity index (χ1) is 24.8. The normalized spacial score (nSPS) is 11.6. The largest absolute Gasteiger partial charge is 0.309 e. The maximum absolute atomic E-state index is 2.41. The molecule has 0 N–H and O–H groups in total. The van der Waals surface area contributed by atoms with Crippen molar-refractivity contribution in [2.45, 2.75) is 0 Å². The molecule has 0 unspecified atom stereocenters. The van der Waals surface area contributed by atoms with Crippen molar-refractivity contribution >= 4 is 43.6 Å². The summed E-state index contributed by atoms with van der Waals surface area (Å²) in [6, 6.07) is 70.4. The van der Waals surface area contributed by atoms with E-state index in [1.807, 2.05) is 0 Å². The van der Waals surface area contributed by atoms with Gasteiger partial charge in [-0.2, -0.15) is 0 Å². The molecule has 10 aromatic rings. The Labute approximate surface area is 290 Å². The standard InChI is InChI=1S/C48H32N2/c1-5-13-33(14-6-1)35-23-27-45-43(29-35)41-25-21-37(31-47(41)49(45)39-17-9-3-10-18-39)38-22-26-42-44-30-36(34-15-7-2-8-16-34)24-28-46(44)50(48(42)32-38)40-19-11-4-12-20-40/h1-32H. The van der Waals surface area contributed by atoms with Crippen LogP contribution in [0.1, 0.15) is 0 Å². The highest BCUT2D eigenvalue weighted by Gasteiger charge is 2.17. The summed E-state index contributed by atoms with van der Waals surface area (Å²) in [6.45, 7) is 0. The lowest BCUT2D eigenvalue weighted by Crippen LogP contribution is -1.94. The minimum absolute atomic E-state index is 1.16. The monoisotopic (exact) mass is 636 g/mol. The molecule has 10 rings (SSSR count). The summed E-state index contributed by atoms with van der Waals surface area (Å²) < 4.78 is 4.82. The minimum atomic E-state index is 1.16. The first-order valence-electron chi connectivity index (χ1n) is 17.2. The molecule has 2 aromatic heterocycles. The molecule has 2 nitrogen and oxygen atoms in total. The van der Waals surface area contributed by atoms with Crippen LogP contribution in [-0.4, -0.2) is 9.13 Å². The van der Waals surface area contributed by atoms with Gasteiger partial charge in [-0.3, -0.25) is 0 Å². The maximum Gasteiger partial charge on any atom is 0.0547 e. The Bertz CT molecular complexity index is 2630. The molecule has 0 aliphatic rings. The van der Waals surface area contributed by atoms with Gasteiger partial charge in [0.15, 0.2) is 0 Å². The van der Waals surface area contributed by atoms with Crippen LogP contribution in [0.5, 0.6) is 0 Å². The van der Waals surface area contributed by atoms with Crippen LogP contribution in [-0.2, 0) is 0 Å². The van der Waals surface area contributed by atoms with Crippen LogP contribution in [0.4, 0.5) is 0 Å². The number of rotatable bonds is 5. The van der Waals surface area contributed by atoms with E-state index in [9.17, 15) is 0 Å². The molecule has 2 heteroatoms. The van der Waals surface area contributed by atoms with Gasteiger partial charge in [-0.15, -0.1) is 0 Å². The first kappa shape index (κ1) is 28.4. The van der Waals surface area contributed by atoms with Crippen LogP contribution in [0.25, 0.3) is 88.4 Å². The Kier molecular flexibility index (Phi) is 6.53. The highest BCUT2D eigenvalue weighted by atomic mass is 15.0. The average Bonchev–Trinajstić information content (AvgIpc) is 3.70. The van der Waals surface area contributed by atoms with Gasteiger partial charge in [0.2, 0.25) is 0 Å². The van der Waals surface area contributed by atoms with Crippen molar-refractivity contribution in [3.63, 3.8) is 0 Å². The molecule has 0 aliphatic heterocycles. The van der Waals surface area contributed by atoms with E-state index < -0.39 is 0 Å². The van der Waals surface area contributed by atoms with Crippen LogP contribution >= 0.6 is 0 Å². The van der Waals surface area contributed by atoms with Crippen LogP contribution in [0, 0.1) is 0 Å². The Hall–Kier alpha value is -6.64. The first-order valence-corrected chi connectivity index (χ1v) is 17.2. The highest BCUT2D eigenvalue weighted by molar-refractivity contribution is 6.13. The lowest BCUT2D eigenvalue weighted by atomic mass is 9.99. The molecule has 0 atom stereocenters. The van der Waals surface area contributed by atoms with E-state index in [0.29, 0.717) is 0 Å². The van der Waals surface area contributed by atoms with Crippen LogP contribution in [0.2, 0.25) is 0 Å². The lowest BCUT2D eigenvalue weighted by Gasteiger charge is -2.10.